The Morgan fingerprint density at radius 2 is 1.71 bits per heavy atom. The van der Waals surface area contributed by atoms with Crippen molar-refractivity contribution in [2.75, 3.05) is 13.2 Å². The molecule has 0 aromatic carbocycles. The number of aliphatic carboxylic acids is 2. The summed E-state index contributed by atoms with van der Waals surface area (Å²) in [7, 11) is 0. The van der Waals surface area contributed by atoms with Gasteiger partial charge in [0.2, 0.25) is 0 Å². The maximum atomic E-state index is 9.85. The normalized spacial score (nSPS) is 11.1. The van der Waals surface area contributed by atoms with Crippen LogP contribution in [0.1, 0.15) is 20.3 Å². The standard InChI is InChI=1S/C4H7NO4.C4H10O/c5-2(4(8)9)1-3(6)7;1-3-5-4-2/h2H,1,5H2,(H,6,7)(H,8,9);3-4H2,1-2H3/t2-;/m0./s1. The summed E-state index contributed by atoms with van der Waals surface area (Å²) in [5.74, 6) is -2.50. The minimum Gasteiger partial charge on any atom is -0.481 e. The van der Waals surface area contributed by atoms with Crippen LogP contribution in [0.3, 0.4) is 0 Å². The van der Waals surface area contributed by atoms with E-state index in [1.807, 2.05) is 13.8 Å². The Kier molecular flexibility index (Phi) is 10.9. The van der Waals surface area contributed by atoms with Crippen LogP contribution in [0.15, 0.2) is 0 Å². The van der Waals surface area contributed by atoms with E-state index in [1.54, 1.807) is 0 Å². The highest BCUT2D eigenvalue weighted by Gasteiger charge is 2.14. The van der Waals surface area contributed by atoms with Crippen molar-refractivity contribution < 1.29 is 24.5 Å². The van der Waals surface area contributed by atoms with E-state index >= 15 is 0 Å². The van der Waals surface area contributed by atoms with Crippen LogP contribution >= 0.6 is 0 Å². The van der Waals surface area contributed by atoms with Gasteiger partial charge in [0.25, 0.3) is 0 Å². The van der Waals surface area contributed by atoms with E-state index in [2.05, 4.69) is 0 Å². The molecule has 0 fully saturated rings. The van der Waals surface area contributed by atoms with Crippen LogP contribution in [0.4, 0.5) is 0 Å². The molecule has 0 aliphatic carbocycles. The lowest BCUT2D eigenvalue weighted by molar-refractivity contribution is -0.144. The summed E-state index contributed by atoms with van der Waals surface area (Å²) in [5.41, 5.74) is 4.84. The first-order valence-corrected chi connectivity index (χ1v) is 4.23. The molecule has 0 spiro atoms. The van der Waals surface area contributed by atoms with Gasteiger partial charge >= 0.3 is 11.9 Å². The molecule has 0 unspecified atom stereocenters. The third-order valence-electron chi connectivity index (χ3n) is 1.12. The second-order valence-electron chi connectivity index (χ2n) is 2.32. The van der Waals surface area contributed by atoms with Gasteiger partial charge in [0.15, 0.2) is 0 Å². The first-order chi connectivity index (χ1) is 6.45. The van der Waals surface area contributed by atoms with Crippen molar-refractivity contribution in [2.24, 2.45) is 5.73 Å². The number of hydrogen-bond acceptors (Lipinski definition) is 4. The predicted molar refractivity (Wildman–Crippen MR) is 50.0 cm³/mol. The first kappa shape index (κ1) is 15.3. The molecule has 0 rings (SSSR count). The van der Waals surface area contributed by atoms with Gasteiger partial charge in [-0.2, -0.15) is 0 Å². The molecule has 0 heterocycles. The Labute approximate surface area is 82.7 Å². The molecular weight excluding hydrogens is 190 g/mol. The second-order valence-corrected chi connectivity index (χ2v) is 2.32. The summed E-state index contributed by atoms with van der Waals surface area (Å²) in [6.07, 6.45) is -0.532. The fourth-order valence-corrected chi connectivity index (χ4v) is 0.480. The van der Waals surface area contributed by atoms with Gasteiger partial charge in [0, 0.05) is 13.2 Å². The molecule has 0 saturated carbocycles. The fourth-order valence-electron chi connectivity index (χ4n) is 0.480. The topological polar surface area (TPSA) is 110 Å². The molecule has 0 aromatic heterocycles. The van der Waals surface area contributed by atoms with Gasteiger partial charge < -0.3 is 20.7 Å². The Hall–Kier alpha value is -1.14. The van der Waals surface area contributed by atoms with Gasteiger partial charge in [0.05, 0.1) is 6.42 Å². The fraction of sp³-hybridized carbons (Fsp3) is 0.750. The van der Waals surface area contributed by atoms with Crippen LogP contribution in [0.2, 0.25) is 0 Å². The molecule has 6 heteroatoms. The molecule has 1 atom stereocenters. The first-order valence-electron chi connectivity index (χ1n) is 4.23. The average Bonchev–Trinajstić information content (AvgIpc) is 2.05. The summed E-state index contributed by atoms with van der Waals surface area (Å²) in [4.78, 5) is 19.6. The van der Waals surface area contributed by atoms with Crippen molar-refractivity contribution in [2.45, 2.75) is 26.3 Å². The van der Waals surface area contributed by atoms with E-state index in [0.29, 0.717) is 0 Å². The summed E-state index contributed by atoms with van der Waals surface area (Å²) in [6, 6.07) is -1.29. The Morgan fingerprint density at radius 1 is 1.29 bits per heavy atom. The molecule has 0 amide bonds. The summed E-state index contributed by atoms with van der Waals surface area (Å²) in [6.45, 7) is 5.67. The summed E-state index contributed by atoms with van der Waals surface area (Å²) < 4.78 is 4.83. The molecule has 0 aliphatic rings. The molecule has 6 nitrogen and oxygen atoms in total. The quantitative estimate of drug-likeness (QED) is 0.581. The highest BCUT2D eigenvalue weighted by Crippen LogP contribution is 1.86. The zero-order valence-corrected chi connectivity index (χ0v) is 8.40. The molecule has 14 heavy (non-hydrogen) atoms. The van der Waals surface area contributed by atoms with Crippen LogP contribution in [0.25, 0.3) is 0 Å². The number of nitrogens with two attached hydrogens (primary N) is 1. The zero-order valence-electron chi connectivity index (χ0n) is 8.40. The molecule has 0 saturated heterocycles. The maximum absolute atomic E-state index is 9.85. The lowest BCUT2D eigenvalue weighted by Gasteiger charge is -1.99. The highest BCUT2D eigenvalue weighted by molar-refractivity contribution is 5.80. The van der Waals surface area contributed by atoms with Crippen molar-refractivity contribution in [1.82, 2.24) is 0 Å². The van der Waals surface area contributed by atoms with Crippen molar-refractivity contribution in [1.29, 1.82) is 0 Å². The number of carboxylic acids is 2. The second kappa shape index (κ2) is 9.94. The third kappa shape index (κ3) is 13.4. The Morgan fingerprint density at radius 3 is 1.79 bits per heavy atom. The van der Waals surface area contributed by atoms with E-state index < -0.39 is 24.4 Å². The minimum atomic E-state index is -1.29. The van der Waals surface area contributed by atoms with Gasteiger partial charge in [-0.3, -0.25) is 9.59 Å². The largest absolute Gasteiger partial charge is 0.481 e. The minimum absolute atomic E-state index is 0.532. The van der Waals surface area contributed by atoms with Gasteiger partial charge in [-0.15, -0.1) is 0 Å². The molecular formula is C8H17NO5. The van der Waals surface area contributed by atoms with E-state index in [-0.39, 0.29) is 0 Å². The maximum Gasteiger partial charge on any atom is 0.321 e. The zero-order chi connectivity index (χ0) is 11.6. The van der Waals surface area contributed by atoms with E-state index in [4.69, 9.17) is 20.7 Å². The predicted octanol–water partition coefficient (Wildman–Crippen LogP) is -0.0842. The number of carboxylic acid groups (broad SMARTS) is 2. The number of hydrogen-bond donors (Lipinski definition) is 3. The molecule has 0 radical (unpaired) electrons. The van der Waals surface area contributed by atoms with Crippen molar-refractivity contribution in [3.8, 4) is 0 Å². The smallest absolute Gasteiger partial charge is 0.321 e. The molecule has 0 aromatic rings. The van der Waals surface area contributed by atoms with Gasteiger partial charge in [0.1, 0.15) is 6.04 Å². The van der Waals surface area contributed by atoms with Crippen molar-refractivity contribution in [3.05, 3.63) is 0 Å². The monoisotopic (exact) mass is 207 g/mol. The highest BCUT2D eigenvalue weighted by atomic mass is 16.5. The van der Waals surface area contributed by atoms with Crippen LogP contribution in [-0.2, 0) is 14.3 Å². The van der Waals surface area contributed by atoms with E-state index in [1.165, 1.54) is 0 Å². The van der Waals surface area contributed by atoms with Gasteiger partial charge in [-0.05, 0) is 13.8 Å². The Balaban J connectivity index is 0. The number of carbonyl (C=O) groups is 2. The Bertz CT molecular complexity index is 169. The molecule has 4 N–H and O–H groups in total. The van der Waals surface area contributed by atoms with Crippen molar-refractivity contribution >= 4 is 11.9 Å². The molecule has 84 valence electrons. The van der Waals surface area contributed by atoms with E-state index in [0.717, 1.165) is 13.2 Å². The molecule has 0 bridgehead atoms. The van der Waals surface area contributed by atoms with Gasteiger partial charge in [-0.25, -0.2) is 0 Å². The van der Waals surface area contributed by atoms with Crippen LogP contribution < -0.4 is 5.73 Å². The van der Waals surface area contributed by atoms with Crippen LogP contribution in [-0.4, -0.2) is 41.4 Å². The van der Waals surface area contributed by atoms with Crippen LogP contribution in [0.5, 0.6) is 0 Å². The summed E-state index contributed by atoms with van der Waals surface area (Å²) >= 11 is 0. The van der Waals surface area contributed by atoms with E-state index in [9.17, 15) is 9.59 Å². The van der Waals surface area contributed by atoms with Crippen LogP contribution in [0, 0.1) is 0 Å². The SMILES string of the molecule is CCOCC.N[C@@H](CC(=O)O)C(=O)O. The van der Waals surface area contributed by atoms with Gasteiger partial charge in [-0.1, -0.05) is 0 Å². The lowest BCUT2D eigenvalue weighted by Crippen LogP contribution is -2.32. The summed E-state index contributed by atoms with van der Waals surface area (Å²) in [5, 5.41) is 16.0. The lowest BCUT2D eigenvalue weighted by atomic mass is 10.2. The third-order valence-corrected chi connectivity index (χ3v) is 1.12. The average molecular weight is 207 g/mol. The number of rotatable bonds is 5. The number of ether oxygens (including phenoxy) is 1. The molecule has 0 aliphatic heterocycles. The van der Waals surface area contributed by atoms with Crippen molar-refractivity contribution in [3.63, 3.8) is 0 Å².